The summed E-state index contributed by atoms with van der Waals surface area (Å²) in [6.45, 7) is -2.84. The fourth-order valence-corrected chi connectivity index (χ4v) is 1.21. The zero-order valence-corrected chi connectivity index (χ0v) is 11.1. The average Bonchev–Trinajstić information content (AvgIpc) is 2.48. The van der Waals surface area contributed by atoms with E-state index in [0.29, 0.717) is 11.3 Å². The highest BCUT2D eigenvalue weighted by Gasteiger charge is 2.27. The van der Waals surface area contributed by atoms with Crippen molar-refractivity contribution >= 4 is 11.9 Å². The molecule has 0 fully saturated rings. The summed E-state index contributed by atoms with van der Waals surface area (Å²) >= 11 is 0. The lowest BCUT2D eigenvalue weighted by Gasteiger charge is -2.09. The summed E-state index contributed by atoms with van der Waals surface area (Å²) in [5, 5.41) is 10.1. The van der Waals surface area contributed by atoms with Gasteiger partial charge in [-0.15, -0.1) is 0 Å². The van der Waals surface area contributed by atoms with E-state index in [1.807, 2.05) is 6.07 Å². The van der Waals surface area contributed by atoms with Crippen LogP contribution in [0.25, 0.3) is 0 Å². The molecule has 1 rings (SSSR count). The highest BCUT2D eigenvalue weighted by molar-refractivity contribution is 5.80. The van der Waals surface area contributed by atoms with Gasteiger partial charge in [0, 0.05) is 0 Å². The van der Waals surface area contributed by atoms with E-state index in [9.17, 15) is 22.8 Å². The van der Waals surface area contributed by atoms with Crippen LogP contribution in [-0.4, -0.2) is 37.8 Å². The van der Waals surface area contributed by atoms with Crippen LogP contribution in [0.1, 0.15) is 5.56 Å². The summed E-state index contributed by atoms with van der Waals surface area (Å²) in [7, 11) is 0. The van der Waals surface area contributed by atoms with Crippen molar-refractivity contribution in [1.29, 1.82) is 5.26 Å². The van der Waals surface area contributed by atoms with E-state index < -0.39 is 37.8 Å². The summed E-state index contributed by atoms with van der Waals surface area (Å²) in [6, 6.07) is 7.78. The van der Waals surface area contributed by atoms with Crippen LogP contribution in [0.15, 0.2) is 24.3 Å². The first-order valence-electron chi connectivity index (χ1n) is 5.92. The van der Waals surface area contributed by atoms with Crippen LogP contribution in [0.5, 0.6) is 5.75 Å². The van der Waals surface area contributed by atoms with E-state index >= 15 is 0 Å². The molecule has 1 amide bonds. The van der Waals surface area contributed by atoms with E-state index in [4.69, 9.17) is 10.00 Å². The smallest absolute Gasteiger partial charge is 0.405 e. The van der Waals surface area contributed by atoms with Gasteiger partial charge in [0.05, 0.1) is 11.6 Å². The zero-order valence-electron chi connectivity index (χ0n) is 11.1. The summed E-state index contributed by atoms with van der Waals surface area (Å²) in [5.74, 6) is -1.67. The monoisotopic (exact) mass is 316 g/mol. The summed E-state index contributed by atoms with van der Waals surface area (Å²) in [5.41, 5.74) is 0.413. The average molecular weight is 316 g/mol. The van der Waals surface area contributed by atoms with Crippen LogP contribution in [0, 0.1) is 11.3 Å². The normalized spacial score (nSPS) is 10.5. The van der Waals surface area contributed by atoms with Crippen molar-refractivity contribution in [3.63, 3.8) is 0 Å². The Labute approximate surface area is 123 Å². The highest BCUT2D eigenvalue weighted by Crippen LogP contribution is 2.12. The molecule has 0 aliphatic rings. The molecule has 0 spiro atoms. The van der Waals surface area contributed by atoms with Crippen molar-refractivity contribution in [3.8, 4) is 11.8 Å². The van der Waals surface area contributed by atoms with E-state index in [1.54, 1.807) is 5.32 Å². The lowest BCUT2D eigenvalue weighted by molar-refractivity contribution is -0.152. The Morgan fingerprint density at radius 1 is 1.18 bits per heavy atom. The molecule has 0 bridgehead atoms. The quantitative estimate of drug-likeness (QED) is 0.796. The number of amides is 1. The van der Waals surface area contributed by atoms with Gasteiger partial charge in [-0.25, -0.2) is 4.79 Å². The largest absolute Gasteiger partial charge is 0.482 e. The molecule has 0 atom stereocenters. The number of nitrogens with one attached hydrogen (secondary N) is 1. The summed E-state index contributed by atoms with van der Waals surface area (Å²) < 4.78 is 44.9. The number of alkyl halides is 3. The van der Waals surface area contributed by atoms with Gasteiger partial charge in [-0.05, 0) is 24.3 Å². The summed E-state index contributed by atoms with van der Waals surface area (Å²) in [6.07, 6.45) is -4.53. The molecule has 0 saturated carbocycles. The number of halogens is 3. The van der Waals surface area contributed by atoms with Crippen molar-refractivity contribution in [2.24, 2.45) is 0 Å². The molecular weight excluding hydrogens is 305 g/mol. The fraction of sp³-hybridized carbons (Fsp3) is 0.308. The van der Waals surface area contributed by atoms with Crippen molar-refractivity contribution in [2.75, 3.05) is 19.8 Å². The van der Waals surface area contributed by atoms with E-state index in [0.717, 1.165) is 0 Å². The van der Waals surface area contributed by atoms with Crippen molar-refractivity contribution < 1.29 is 32.2 Å². The van der Waals surface area contributed by atoms with Crippen LogP contribution in [0.2, 0.25) is 0 Å². The Morgan fingerprint density at radius 2 is 1.82 bits per heavy atom. The lowest BCUT2D eigenvalue weighted by atomic mass is 10.2. The number of hydrogen-bond acceptors (Lipinski definition) is 5. The molecule has 0 aromatic heterocycles. The molecule has 6 nitrogen and oxygen atoms in total. The van der Waals surface area contributed by atoms with Gasteiger partial charge >= 0.3 is 12.1 Å². The molecule has 1 aromatic rings. The predicted octanol–water partition coefficient (Wildman–Crippen LogP) is 1.16. The van der Waals surface area contributed by atoms with Gasteiger partial charge in [0.15, 0.2) is 13.2 Å². The maximum Gasteiger partial charge on any atom is 0.405 e. The van der Waals surface area contributed by atoms with Gasteiger partial charge in [0.1, 0.15) is 12.3 Å². The van der Waals surface area contributed by atoms with E-state index in [2.05, 4.69) is 4.74 Å². The second kappa shape index (κ2) is 7.87. The molecule has 118 valence electrons. The molecule has 0 unspecified atom stereocenters. The molecule has 1 N–H and O–H groups in total. The Hall–Kier alpha value is -2.76. The van der Waals surface area contributed by atoms with Crippen molar-refractivity contribution in [1.82, 2.24) is 5.32 Å². The van der Waals surface area contributed by atoms with E-state index in [1.165, 1.54) is 24.3 Å². The van der Waals surface area contributed by atoms with Gasteiger partial charge in [-0.3, -0.25) is 4.79 Å². The molecular formula is C13H11F3N2O4. The minimum Gasteiger partial charge on any atom is -0.482 e. The summed E-state index contributed by atoms with van der Waals surface area (Å²) in [4.78, 5) is 22.2. The van der Waals surface area contributed by atoms with Gasteiger partial charge in [-0.2, -0.15) is 18.4 Å². The number of carbonyl (C=O) groups excluding carboxylic acids is 2. The van der Waals surface area contributed by atoms with E-state index in [-0.39, 0.29) is 0 Å². The number of esters is 1. The molecule has 0 aliphatic heterocycles. The first-order valence-corrected chi connectivity index (χ1v) is 5.92. The number of rotatable bonds is 6. The Balaban J connectivity index is 2.25. The number of hydrogen-bond donors (Lipinski definition) is 1. The van der Waals surface area contributed by atoms with Gasteiger partial charge in [-0.1, -0.05) is 0 Å². The van der Waals surface area contributed by atoms with Crippen LogP contribution in [0.4, 0.5) is 13.2 Å². The van der Waals surface area contributed by atoms with Gasteiger partial charge in [0.25, 0.3) is 5.91 Å². The third-order valence-electron chi connectivity index (χ3n) is 2.19. The molecule has 0 aliphatic carbocycles. The van der Waals surface area contributed by atoms with Crippen molar-refractivity contribution in [3.05, 3.63) is 29.8 Å². The molecule has 0 heterocycles. The minimum absolute atomic E-state index is 0.303. The van der Waals surface area contributed by atoms with Crippen LogP contribution >= 0.6 is 0 Å². The Morgan fingerprint density at radius 3 is 2.36 bits per heavy atom. The van der Waals surface area contributed by atoms with Crippen LogP contribution in [-0.2, 0) is 14.3 Å². The maximum absolute atomic E-state index is 11.8. The fourth-order valence-electron chi connectivity index (χ4n) is 1.21. The first kappa shape index (κ1) is 17.3. The predicted molar refractivity (Wildman–Crippen MR) is 66.7 cm³/mol. The van der Waals surface area contributed by atoms with Gasteiger partial charge < -0.3 is 14.8 Å². The number of benzene rings is 1. The number of nitrogens with zero attached hydrogens (tertiary/aromatic N) is 1. The van der Waals surface area contributed by atoms with Crippen molar-refractivity contribution in [2.45, 2.75) is 6.18 Å². The second-order valence-electron chi connectivity index (χ2n) is 3.98. The standard InChI is InChI=1S/C13H11F3N2O4/c14-13(15,16)8-18-11(19)6-22-12(20)7-21-10-3-1-9(5-17)2-4-10/h1-4H,6-8H2,(H,18,19). The SMILES string of the molecule is N#Cc1ccc(OCC(=O)OCC(=O)NCC(F)(F)F)cc1. The van der Waals surface area contributed by atoms with Gasteiger partial charge in [0.2, 0.25) is 0 Å². The molecule has 9 heteroatoms. The molecule has 1 aromatic carbocycles. The zero-order chi connectivity index (χ0) is 16.6. The molecule has 22 heavy (non-hydrogen) atoms. The topological polar surface area (TPSA) is 88.4 Å². The third kappa shape index (κ3) is 7.14. The molecule has 0 saturated heterocycles. The molecule has 0 radical (unpaired) electrons. The highest BCUT2D eigenvalue weighted by atomic mass is 19.4. The Bertz CT molecular complexity index is 564. The first-order chi connectivity index (χ1) is 10.3. The number of carbonyl (C=O) groups is 2. The number of ether oxygens (including phenoxy) is 2. The maximum atomic E-state index is 11.8. The second-order valence-corrected chi connectivity index (χ2v) is 3.98. The minimum atomic E-state index is -4.53. The number of nitriles is 1. The lowest BCUT2D eigenvalue weighted by Crippen LogP contribution is -2.36. The Kier molecular flexibility index (Phi) is 6.19. The van der Waals surface area contributed by atoms with Crippen LogP contribution < -0.4 is 10.1 Å². The van der Waals surface area contributed by atoms with Crippen LogP contribution in [0.3, 0.4) is 0 Å². The third-order valence-corrected chi connectivity index (χ3v) is 2.19.